The summed E-state index contributed by atoms with van der Waals surface area (Å²) in [6.45, 7) is 2.77. The van der Waals surface area contributed by atoms with Gasteiger partial charge in [-0.25, -0.2) is 0 Å². The van der Waals surface area contributed by atoms with E-state index in [1.807, 2.05) is 12.1 Å². The number of piperidine rings is 1. The fourth-order valence-corrected chi connectivity index (χ4v) is 6.46. The number of amides is 3. The van der Waals surface area contributed by atoms with Crippen LogP contribution in [0.3, 0.4) is 0 Å². The van der Waals surface area contributed by atoms with Crippen LogP contribution in [0.25, 0.3) is 0 Å². The lowest BCUT2D eigenvalue weighted by Crippen LogP contribution is -2.57. The summed E-state index contributed by atoms with van der Waals surface area (Å²) < 4.78 is 0. The van der Waals surface area contributed by atoms with Gasteiger partial charge < -0.3 is 24.4 Å². The summed E-state index contributed by atoms with van der Waals surface area (Å²) in [5, 5.41) is 5.97. The first-order chi connectivity index (χ1) is 20.5. The highest BCUT2D eigenvalue weighted by Crippen LogP contribution is 2.31. The van der Waals surface area contributed by atoms with E-state index in [0.29, 0.717) is 37.8 Å². The Bertz CT molecular complexity index is 1360. The van der Waals surface area contributed by atoms with Gasteiger partial charge in [-0.2, -0.15) is 0 Å². The van der Waals surface area contributed by atoms with Crippen LogP contribution in [0.4, 0.5) is 0 Å². The number of carbonyl (C=O) groups excluding carboxylic acids is 3. The molecule has 9 nitrogen and oxygen atoms in total. The normalized spacial score (nSPS) is 17.8. The maximum atomic E-state index is 13.3. The van der Waals surface area contributed by atoms with Crippen molar-refractivity contribution in [2.24, 2.45) is 5.16 Å². The molecular formula is C30H35Cl4N5O4. The molecule has 2 aromatic carbocycles. The highest BCUT2D eigenvalue weighted by molar-refractivity contribution is 6.42. The standard InChI is InChI=1S/C30H35Cl4N5O4/c1-36-17-29(41)39(18-28(36)40)23-6-9-38(10-7-23)11-8-24(19-4-5-25(33)26(34)14-19)27(35-43-3)16-37(2)30(42)20-12-21(31)15-22(32)13-20/h4-5,12-15,23-24H,6-11,16-18H2,1-3H3/b35-27+. The summed E-state index contributed by atoms with van der Waals surface area (Å²) in [5.74, 6) is -0.528. The first-order valence-corrected chi connectivity index (χ1v) is 15.5. The third kappa shape index (κ3) is 8.54. The molecule has 2 aliphatic heterocycles. The van der Waals surface area contributed by atoms with E-state index in [4.69, 9.17) is 51.2 Å². The van der Waals surface area contributed by atoms with Crippen molar-refractivity contribution in [2.75, 3.05) is 60.5 Å². The molecule has 0 bridgehead atoms. The minimum atomic E-state index is -0.264. The number of hydrogen-bond acceptors (Lipinski definition) is 6. The minimum Gasteiger partial charge on any atom is -0.399 e. The molecule has 4 rings (SSSR count). The third-order valence-electron chi connectivity index (χ3n) is 7.97. The highest BCUT2D eigenvalue weighted by atomic mass is 35.5. The Morgan fingerprint density at radius 1 is 1.00 bits per heavy atom. The van der Waals surface area contributed by atoms with Gasteiger partial charge in [0.05, 0.1) is 28.8 Å². The fraction of sp³-hybridized carbons (Fsp3) is 0.467. The molecular weight excluding hydrogens is 636 g/mol. The summed E-state index contributed by atoms with van der Waals surface area (Å²) in [4.78, 5) is 50.4. The lowest BCUT2D eigenvalue weighted by Gasteiger charge is -2.41. The van der Waals surface area contributed by atoms with Crippen LogP contribution in [-0.4, -0.2) is 110 Å². The maximum Gasteiger partial charge on any atom is 0.254 e. The van der Waals surface area contributed by atoms with Crippen molar-refractivity contribution in [2.45, 2.75) is 31.2 Å². The summed E-state index contributed by atoms with van der Waals surface area (Å²) in [6, 6.07) is 10.3. The Labute approximate surface area is 272 Å². The van der Waals surface area contributed by atoms with Gasteiger partial charge in [-0.15, -0.1) is 0 Å². The predicted octanol–water partition coefficient (Wildman–Crippen LogP) is 5.31. The molecule has 1 unspecified atom stereocenters. The number of likely N-dealkylation sites (N-methyl/N-ethyl adjacent to an activating group) is 1. The quantitative estimate of drug-likeness (QED) is 0.253. The van der Waals surface area contributed by atoms with Crippen LogP contribution >= 0.6 is 46.4 Å². The fourth-order valence-electron chi connectivity index (χ4n) is 5.62. The van der Waals surface area contributed by atoms with Crippen LogP contribution in [0.5, 0.6) is 0 Å². The molecule has 2 saturated heterocycles. The molecule has 1 atom stereocenters. The number of halogens is 4. The van der Waals surface area contributed by atoms with E-state index in [1.165, 1.54) is 12.0 Å². The number of nitrogens with zero attached hydrogens (tertiary/aromatic N) is 5. The van der Waals surface area contributed by atoms with E-state index in [0.717, 1.165) is 38.0 Å². The lowest BCUT2D eigenvalue weighted by atomic mass is 9.89. The van der Waals surface area contributed by atoms with Crippen LogP contribution < -0.4 is 0 Å². The average molecular weight is 671 g/mol. The Kier molecular flexibility index (Phi) is 11.6. The Morgan fingerprint density at radius 2 is 1.67 bits per heavy atom. The Hall–Kier alpha value is -2.56. The van der Waals surface area contributed by atoms with Crippen molar-refractivity contribution in [3.05, 3.63) is 67.6 Å². The first kappa shape index (κ1) is 33.3. The van der Waals surface area contributed by atoms with Crippen LogP contribution in [0.15, 0.2) is 41.6 Å². The number of rotatable bonds is 10. The summed E-state index contributed by atoms with van der Waals surface area (Å²) in [7, 11) is 4.81. The number of likely N-dealkylation sites (tertiary alicyclic amines) is 1. The molecule has 2 aliphatic rings. The molecule has 13 heteroatoms. The van der Waals surface area contributed by atoms with Crippen molar-refractivity contribution < 1.29 is 19.2 Å². The summed E-state index contributed by atoms with van der Waals surface area (Å²) in [5.41, 5.74) is 1.90. The summed E-state index contributed by atoms with van der Waals surface area (Å²) in [6.07, 6.45) is 2.25. The van der Waals surface area contributed by atoms with Gasteiger partial charge in [-0.1, -0.05) is 57.6 Å². The molecule has 232 valence electrons. The minimum absolute atomic E-state index is 0.000590. The molecule has 2 heterocycles. The van der Waals surface area contributed by atoms with Gasteiger partial charge in [0.2, 0.25) is 11.8 Å². The molecule has 0 N–H and O–H groups in total. The molecule has 0 spiro atoms. The Balaban J connectivity index is 1.47. The van der Waals surface area contributed by atoms with Crippen molar-refractivity contribution in [1.29, 1.82) is 0 Å². The zero-order chi connectivity index (χ0) is 31.3. The highest BCUT2D eigenvalue weighted by Gasteiger charge is 2.34. The second kappa shape index (κ2) is 14.9. The van der Waals surface area contributed by atoms with Crippen LogP contribution in [-0.2, 0) is 14.4 Å². The number of carbonyl (C=O) groups is 3. The molecule has 3 amide bonds. The molecule has 0 radical (unpaired) electrons. The largest absolute Gasteiger partial charge is 0.399 e. The number of piperazine rings is 1. The van der Waals surface area contributed by atoms with E-state index >= 15 is 0 Å². The lowest BCUT2D eigenvalue weighted by molar-refractivity contribution is -0.151. The molecule has 0 saturated carbocycles. The topological polar surface area (TPSA) is 85.8 Å². The number of benzene rings is 2. The van der Waals surface area contributed by atoms with Gasteiger partial charge >= 0.3 is 0 Å². The molecule has 2 aromatic rings. The second-order valence-corrected chi connectivity index (χ2v) is 12.6. The van der Waals surface area contributed by atoms with Crippen LogP contribution in [0, 0.1) is 0 Å². The third-order valence-corrected chi connectivity index (χ3v) is 9.14. The number of oxime groups is 1. The van der Waals surface area contributed by atoms with Gasteiger partial charge in [-0.3, -0.25) is 14.4 Å². The smallest absolute Gasteiger partial charge is 0.254 e. The van der Waals surface area contributed by atoms with Crippen molar-refractivity contribution >= 4 is 69.8 Å². The van der Waals surface area contributed by atoms with E-state index in [9.17, 15) is 14.4 Å². The first-order valence-electron chi connectivity index (χ1n) is 14.0. The molecule has 0 aromatic heterocycles. The average Bonchev–Trinajstić information content (AvgIpc) is 2.96. The zero-order valence-electron chi connectivity index (χ0n) is 24.4. The molecule has 2 fully saturated rings. The van der Waals surface area contributed by atoms with Gasteiger partial charge in [0.25, 0.3) is 5.91 Å². The van der Waals surface area contributed by atoms with E-state index < -0.39 is 0 Å². The van der Waals surface area contributed by atoms with Gasteiger partial charge in [0.15, 0.2) is 0 Å². The van der Waals surface area contributed by atoms with Gasteiger partial charge in [-0.05, 0) is 61.7 Å². The van der Waals surface area contributed by atoms with Gasteiger partial charge in [0, 0.05) is 54.8 Å². The van der Waals surface area contributed by atoms with Crippen molar-refractivity contribution in [1.82, 2.24) is 19.6 Å². The van der Waals surface area contributed by atoms with Gasteiger partial charge in [0.1, 0.15) is 13.7 Å². The van der Waals surface area contributed by atoms with Crippen LogP contribution in [0.1, 0.15) is 41.1 Å². The maximum absolute atomic E-state index is 13.3. The zero-order valence-corrected chi connectivity index (χ0v) is 27.4. The van der Waals surface area contributed by atoms with Crippen LogP contribution in [0.2, 0.25) is 20.1 Å². The number of hydrogen-bond donors (Lipinski definition) is 0. The van der Waals surface area contributed by atoms with Crippen molar-refractivity contribution in [3.8, 4) is 0 Å². The van der Waals surface area contributed by atoms with Crippen molar-refractivity contribution in [3.63, 3.8) is 0 Å². The van der Waals surface area contributed by atoms with E-state index in [-0.39, 0.29) is 49.3 Å². The molecule has 0 aliphatic carbocycles. The predicted molar refractivity (Wildman–Crippen MR) is 170 cm³/mol. The Morgan fingerprint density at radius 3 is 2.30 bits per heavy atom. The molecule has 43 heavy (non-hydrogen) atoms. The van der Waals surface area contributed by atoms with E-state index in [2.05, 4.69) is 10.1 Å². The monoisotopic (exact) mass is 669 g/mol. The second-order valence-electron chi connectivity index (χ2n) is 10.9. The SMILES string of the molecule is CO/N=C(\CN(C)C(=O)c1cc(Cl)cc(Cl)c1)C(CCN1CCC(N2CC(=O)N(C)CC2=O)CC1)c1ccc(Cl)c(Cl)c1. The summed E-state index contributed by atoms with van der Waals surface area (Å²) >= 11 is 24.9. The van der Waals surface area contributed by atoms with E-state index in [1.54, 1.807) is 48.2 Å².